The highest BCUT2D eigenvalue weighted by Gasteiger charge is 2.31. The summed E-state index contributed by atoms with van der Waals surface area (Å²) in [6.45, 7) is 2.03. The molecule has 0 spiro atoms. The lowest BCUT2D eigenvalue weighted by atomic mass is 10.1. The van der Waals surface area contributed by atoms with Crippen molar-refractivity contribution in [2.75, 3.05) is 37.6 Å². The van der Waals surface area contributed by atoms with Gasteiger partial charge in [0.1, 0.15) is 12.4 Å². The first-order chi connectivity index (χ1) is 16.0. The molecule has 1 aromatic carbocycles. The van der Waals surface area contributed by atoms with Gasteiger partial charge in [0, 0.05) is 49.3 Å². The van der Waals surface area contributed by atoms with E-state index < -0.39 is 0 Å². The number of hydrogen-bond acceptors (Lipinski definition) is 5. The Morgan fingerprint density at radius 2 is 1.79 bits per heavy atom. The summed E-state index contributed by atoms with van der Waals surface area (Å²) in [5.41, 5.74) is 1.55. The van der Waals surface area contributed by atoms with Gasteiger partial charge in [-0.1, -0.05) is 23.7 Å². The molecule has 0 bridgehead atoms. The minimum Gasteiger partial charge on any atom is -0.459 e. The maximum Gasteiger partial charge on any atom is 0.289 e. The molecule has 0 unspecified atom stereocenters. The minimum atomic E-state index is -0.184. The maximum atomic E-state index is 13.0. The van der Waals surface area contributed by atoms with Crippen molar-refractivity contribution in [3.63, 3.8) is 0 Å². The molecule has 0 atom stereocenters. The van der Waals surface area contributed by atoms with E-state index in [1.807, 2.05) is 24.3 Å². The van der Waals surface area contributed by atoms with Crippen LogP contribution in [-0.2, 0) is 16.1 Å². The molecule has 1 fully saturated rings. The Bertz CT molecular complexity index is 1200. The van der Waals surface area contributed by atoms with Crippen LogP contribution in [0.5, 0.6) is 0 Å². The van der Waals surface area contributed by atoms with Gasteiger partial charge in [0.05, 0.1) is 18.5 Å². The first-order valence-electron chi connectivity index (χ1n) is 10.7. The third-order valence-corrected chi connectivity index (χ3v) is 6.17. The van der Waals surface area contributed by atoms with Crippen LogP contribution >= 0.6 is 11.6 Å². The van der Waals surface area contributed by atoms with Gasteiger partial charge in [0.15, 0.2) is 5.76 Å². The van der Waals surface area contributed by atoms with Crippen LogP contribution in [0.1, 0.15) is 17.0 Å². The molecule has 1 saturated heterocycles. The van der Waals surface area contributed by atoms with Crippen LogP contribution in [0.25, 0.3) is 11.3 Å². The number of nitrogens with zero attached hydrogens (tertiary/aromatic N) is 5. The molecule has 9 nitrogen and oxygen atoms in total. The maximum absolute atomic E-state index is 13.0. The molecule has 2 aliphatic heterocycles. The van der Waals surface area contributed by atoms with Crippen LogP contribution in [0.3, 0.4) is 0 Å². The summed E-state index contributed by atoms with van der Waals surface area (Å²) in [6, 6.07) is 12.5. The highest BCUT2D eigenvalue weighted by atomic mass is 35.5. The highest BCUT2D eigenvalue weighted by Crippen LogP contribution is 2.29. The fraction of sp³-hybridized carbons (Fsp3) is 0.304. The van der Waals surface area contributed by atoms with Crippen molar-refractivity contribution in [1.82, 2.24) is 19.6 Å². The van der Waals surface area contributed by atoms with E-state index in [0.717, 1.165) is 5.56 Å². The largest absolute Gasteiger partial charge is 0.459 e. The predicted molar refractivity (Wildman–Crippen MR) is 121 cm³/mol. The Morgan fingerprint density at radius 3 is 2.52 bits per heavy atom. The zero-order chi connectivity index (χ0) is 22.9. The number of furan rings is 1. The number of hydrogen-bond donors (Lipinski definition) is 0. The smallest absolute Gasteiger partial charge is 0.289 e. The van der Waals surface area contributed by atoms with Gasteiger partial charge in [-0.25, -0.2) is 4.68 Å². The molecular weight excluding hydrogens is 446 g/mol. The summed E-state index contributed by atoms with van der Waals surface area (Å²) < 4.78 is 6.93. The second kappa shape index (κ2) is 8.74. The molecule has 3 aromatic rings. The van der Waals surface area contributed by atoms with E-state index in [1.165, 1.54) is 11.2 Å². The van der Waals surface area contributed by atoms with Crippen molar-refractivity contribution in [3.8, 4) is 11.3 Å². The van der Waals surface area contributed by atoms with Crippen LogP contribution in [0.4, 0.5) is 5.82 Å². The average molecular weight is 468 g/mol. The number of amides is 3. The third-order valence-electron chi connectivity index (χ3n) is 5.94. The van der Waals surface area contributed by atoms with E-state index in [2.05, 4.69) is 5.10 Å². The number of anilines is 1. The lowest BCUT2D eigenvalue weighted by Gasteiger charge is -2.36. The summed E-state index contributed by atoms with van der Waals surface area (Å²) in [6.07, 6.45) is 1.74. The van der Waals surface area contributed by atoms with E-state index >= 15 is 0 Å². The van der Waals surface area contributed by atoms with Crippen LogP contribution in [-0.4, -0.2) is 70.0 Å². The number of aryl methyl sites for hydroxylation is 1. The van der Waals surface area contributed by atoms with Gasteiger partial charge in [-0.3, -0.25) is 19.3 Å². The van der Waals surface area contributed by atoms with E-state index in [4.69, 9.17) is 16.0 Å². The third kappa shape index (κ3) is 4.23. The summed E-state index contributed by atoms with van der Waals surface area (Å²) in [5.74, 6) is 0.432. The topological polar surface area (TPSA) is 91.9 Å². The Morgan fingerprint density at radius 1 is 1.00 bits per heavy atom. The zero-order valence-corrected chi connectivity index (χ0v) is 18.6. The van der Waals surface area contributed by atoms with E-state index in [-0.39, 0.29) is 36.4 Å². The van der Waals surface area contributed by atoms with Crippen molar-refractivity contribution < 1.29 is 18.8 Å². The van der Waals surface area contributed by atoms with Crippen molar-refractivity contribution >= 4 is 35.1 Å². The number of carbonyl (C=O) groups excluding carboxylic acids is 3. The van der Waals surface area contributed by atoms with Gasteiger partial charge in [0.25, 0.3) is 5.91 Å². The fourth-order valence-electron chi connectivity index (χ4n) is 4.16. The summed E-state index contributed by atoms with van der Waals surface area (Å²) in [4.78, 5) is 43.0. The normalized spacial score (nSPS) is 16.2. The first kappa shape index (κ1) is 21.3. The van der Waals surface area contributed by atoms with Crippen LogP contribution in [0, 0.1) is 0 Å². The Labute approximate surface area is 195 Å². The molecule has 0 saturated carbocycles. The molecule has 0 N–H and O–H groups in total. The number of carbonyl (C=O) groups is 3. The average Bonchev–Trinajstić information content (AvgIpc) is 3.51. The molecule has 5 rings (SSSR count). The number of aromatic nitrogens is 2. The van der Waals surface area contributed by atoms with E-state index in [0.29, 0.717) is 49.3 Å². The second-order valence-corrected chi connectivity index (χ2v) is 8.44. The molecule has 170 valence electrons. The molecule has 4 heterocycles. The van der Waals surface area contributed by atoms with Crippen LogP contribution < -0.4 is 4.90 Å². The molecule has 2 aliphatic rings. The number of rotatable bonds is 4. The number of benzene rings is 1. The molecule has 0 aliphatic carbocycles. The van der Waals surface area contributed by atoms with Gasteiger partial charge in [-0.2, -0.15) is 5.10 Å². The monoisotopic (exact) mass is 467 g/mol. The molecule has 0 radical (unpaired) electrons. The van der Waals surface area contributed by atoms with Gasteiger partial charge < -0.3 is 14.2 Å². The Hall–Kier alpha value is -3.59. The lowest BCUT2D eigenvalue weighted by molar-refractivity contribution is -0.133. The van der Waals surface area contributed by atoms with Gasteiger partial charge in [-0.05, 0) is 24.3 Å². The van der Waals surface area contributed by atoms with Crippen molar-refractivity contribution in [2.45, 2.75) is 13.0 Å². The summed E-state index contributed by atoms with van der Waals surface area (Å²) in [7, 11) is 0. The lowest BCUT2D eigenvalue weighted by Crippen LogP contribution is -2.53. The number of halogens is 1. The molecule has 10 heteroatoms. The number of fused-ring (bicyclic) bond motifs is 1. The van der Waals surface area contributed by atoms with Crippen molar-refractivity contribution in [1.29, 1.82) is 0 Å². The SMILES string of the molecule is O=C(CN1C(=O)CCn2nc(-c3cccc(Cl)c3)cc21)N1CCN(C(=O)c2ccco2)CC1. The van der Waals surface area contributed by atoms with E-state index in [1.54, 1.807) is 32.7 Å². The van der Waals surface area contributed by atoms with Gasteiger partial charge in [-0.15, -0.1) is 0 Å². The Kier molecular flexibility index (Phi) is 5.63. The minimum absolute atomic E-state index is 0.0638. The Balaban J connectivity index is 1.27. The van der Waals surface area contributed by atoms with Crippen molar-refractivity contribution in [3.05, 3.63) is 59.5 Å². The van der Waals surface area contributed by atoms with Gasteiger partial charge in [0.2, 0.25) is 11.8 Å². The fourth-order valence-corrected chi connectivity index (χ4v) is 4.35. The molecule has 2 aromatic heterocycles. The standard InChI is InChI=1S/C23H22ClN5O4/c24-17-4-1-3-16(13-17)18-14-20-28(21(30)6-7-29(20)25-18)15-22(31)26-8-10-27(11-9-26)23(32)19-5-2-12-33-19/h1-5,12-14H,6-11,15H2. The second-order valence-electron chi connectivity index (χ2n) is 8.00. The highest BCUT2D eigenvalue weighted by molar-refractivity contribution is 6.30. The molecule has 33 heavy (non-hydrogen) atoms. The van der Waals surface area contributed by atoms with Gasteiger partial charge >= 0.3 is 0 Å². The predicted octanol–water partition coefficient (Wildman–Crippen LogP) is 2.52. The summed E-state index contributed by atoms with van der Waals surface area (Å²) in [5, 5.41) is 5.21. The quantitative estimate of drug-likeness (QED) is 0.588. The first-order valence-corrected chi connectivity index (χ1v) is 11.1. The molecule has 3 amide bonds. The van der Waals surface area contributed by atoms with Crippen LogP contribution in [0.2, 0.25) is 5.02 Å². The zero-order valence-electron chi connectivity index (χ0n) is 17.8. The van der Waals surface area contributed by atoms with E-state index in [9.17, 15) is 14.4 Å². The summed E-state index contributed by atoms with van der Waals surface area (Å²) >= 11 is 6.11. The number of piperazine rings is 1. The van der Waals surface area contributed by atoms with Crippen molar-refractivity contribution in [2.24, 2.45) is 0 Å². The van der Waals surface area contributed by atoms with Crippen LogP contribution in [0.15, 0.2) is 53.1 Å². The molecular formula is C23H22ClN5O4.